The Bertz CT molecular complexity index is 1270. The number of rotatable bonds is 1. The van der Waals surface area contributed by atoms with Gasteiger partial charge in [0.15, 0.2) is 0 Å². The van der Waals surface area contributed by atoms with E-state index in [0.29, 0.717) is 0 Å². The average Bonchev–Trinajstić information content (AvgIpc) is 3.30. The van der Waals surface area contributed by atoms with Crippen LogP contribution in [0.5, 0.6) is 0 Å². The number of fused-ring (bicyclic) bond motifs is 7. The summed E-state index contributed by atoms with van der Waals surface area (Å²) in [6.07, 6.45) is 3.74. The molecule has 1 aliphatic rings. The van der Waals surface area contributed by atoms with Gasteiger partial charge in [-0.05, 0) is 36.4 Å². The minimum absolute atomic E-state index is 0.814. The van der Waals surface area contributed by atoms with Crippen LogP contribution in [-0.4, -0.2) is 14.5 Å². The Hall–Kier alpha value is -3.05. The second-order valence-corrected chi connectivity index (χ2v) is 7.17. The molecule has 0 unspecified atom stereocenters. The van der Waals surface area contributed by atoms with Crippen LogP contribution in [0, 0.1) is 0 Å². The molecule has 4 nitrogen and oxygen atoms in total. The molecule has 0 saturated carbocycles. The lowest BCUT2D eigenvalue weighted by Gasteiger charge is -2.01. The highest BCUT2D eigenvalue weighted by Gasteiger charge is 2.37. The number of hydrogen-bond acceptors (Lipinski definition) is 3. The second kappa shape index (κ2) is 4.74. The van der Waals surface area contributed by atoms with E-state index in [9.17, 15) is 0 Å². The number of para-hydroxylation sites is 1. The molecule has 0 N–H and O–H groups in total. The van der Waals surface area contributed by atoms with E-state index in [1.54, 1.807) is 11.3 Å². The van der Waals surface area contributed by atoms with Gasteiger partial charge in [0.1, 0.15) is 17.1 Å². The highest BCUT2D eigenvalue weighted by molar-refractivity contribution is 7.24. The van der Waals surface area contributed by atoms with E-state index in [-0.39, 0.29) is 0 Å². The normalized spacial score (nSPS) is 12.6. The van der Waals surface area contributed by atoms with E-state index in [4.69, 9.17) is 0 Å². The summed E-state index contributed by atoms with van der Waals surface area (Å²) in [5, 5.41) is 1.21. The number of thiophene rings is 1. The minimum atomic E-state index is 0.814. The zero-order chi connectivity index (χ0) is 16.4. The van der Waals surface area contributed by atoms with E-state index >= 15 is 0 Å². The maximum absolute atomic E-state index is 4.60. The SMILES string of the molecule is c1ccc(-n2c3[n+](c4sc5ncccc5c42)Cc2ncccc2-3)cc1. The van der Waals surface area contributed by atoms with Crippen molar-refractivity contribution in [3.8, 4) is 17.1 Å². The average molecular weight is 341 g/mol. The zero-order valence-corrected chi connectivity index (χ0v) is 14.1. The van der Waals surface area contributed by atoms with Gasteiger partial charge in [-0.1, -0.05) is 29.5 Å². The first kappa shape index (κ1) is 13.3. The van der Waals surface area contributed by atoms with Crippen LogP contribution in [0.3, 0.4) is 0 Å². The molecule has 5 aromatic rings. The summed E-state index contributed by atoms with van der Waals surface area (Å²) in [6.45, 7) is 0.814. The van der Waals surface area contributed by atoms with Crippen molar-refractivity contribution in [2.24, 2.45) is 0 Å². The van der Waals surface area contributed by atoms with Crippen LogP contribution in [0.25, 0.3) is 37.6 Å². The van der Waals surface area contributed by atoms with E-state index in [1.807, 2.05) is 24.5 Å². The molecule has 25 heavy (non-hydrogen) atoms. The Morgan fingerprint density at radius 3 is 2.68 bits per heavy atom. The molecular formula is C20H13N4S+. The molecule has 5 heterocycles. The topological polar surface area (TPSA) is 34.6 Å². The molecule has 0 aliphatic carbocycles. The largest absolute Gasteiger partial charge is 0.298 e. The Morgan fingerprint density at radius 2 is 1.76 bits per heavy atom. The van der Waals surface area contributed by atoms with E-state index in [0.717, 1.165) is 17.1 Å². The van der Waals surface area contributed by atoms with Crippen LogP contribution in [0.4, 0.5) is 0 Å². The molecule has 4 aromatic heterocycles. The molecule has 0 atom stereocenters. The predicted octanol–water partition coefficient (Wildman–Crippen LogP) is 3.95. The molecule has 1 aliphatic heterocycles. The van der Waals surface area contributed by atoms with Crippen molar-refractivity contribution < 1.29 is 4.57 Å². The maximum Gasteiger partial charge on any atom is 0.298 e. The third-order valence-corrected chi connectivity index (χ3v) is 5.94. The summed E-state index contributed by atoms with van der Waals surface area (Å²) in [4.78, 5) is 11.5. The van der Waals surface area contributed by atoms with Gasteiger partial charge in [0.05, 0.1) is 16.6 Å². The van der Waals surface area contributed by atoms with Gasteiger partial charge in [-0.25, -0.2) is 9.55 Å². The summed E-state index contributed by atoms with van der Waals surface area (Å²) in [6, 6.07) is 18.9. The lowest BCUT2D eigenvalue weighted by atomic mass is 10.2. The molecule has 5 heteroatoms. The standard InChI is InChI=1S/C20H13N4S/c1-2-6-13(7-3-1)24-17-15-9-5-11-22-18(15)25-20(17)23-12-16-14(19(23)24)8-4-10-21-16/h1-11H,12H2/q+1. The smallest absolute Gasteiger partial charge is 0.256 e. The van der Waals surface area contributed by atoms with Crippen LogP contribution < -0.4 is 4.57 Å². The maximum atomic E-state index is 4.60. The van der Waals surface area contributed by atoms with Crippen molar-refractivity contribution in [3.63, 3.8) is 0 Å². The summed E-state index contributed by atoms with van der Waals surface area (Å²) in [5.74, 6) is 1.21. The molecule has 0 spiro atoms. The molecular weight excluding hydrogens is 328 g/mol. The lowest BCUT2D eigenvalue weighted by molar-refractivity contribution is -0.644. The highest BCUT2D eigenvalue weighted by atomic mass is 32.1. The molecule has 118 valence electrons. The lowest BCUT2D eigenvalue weighted by Crippen LogP contribution is -2.30. The number of nitrogens with zero attached hydrogens (tertiary/aromatic N) is 4. The monoisotopic (exact) mass is 341 g/mol. The van der Waals surface area contributed by atoms with Crippen molar-refractivity contribution in [2.45, 2.75) is 6.54 Å². The second-order valence-electron chi connectivity index (χ2n) is 6.19. The molecule has 0 fully saturated rings. The molecule has 0 saturated heterocycles. The fourth-order valence-corrected chi connectivity index (χ4v) is 4.92. The summed E-state index contributed by atoms with van der Waals surface area (Å²) >= 11 is 1.76. The highest BCUT2D eigenvalue weighted by Crippen LogP contribution is 2.39. The Morgan fingerprint density at radius 1 is 0.920 bits per heavy atom. The molecule has 0 amide bonds. The summed E-state index contributed by atoms with van der Waals surface area (Å²) in [5.41, 5.74) is 4.76. The predicted molar refractivity (Wildman–Crippen MR) is 99.0 cm³/mol. The fourth-order valence-electron chi connectivity index (χ4n) is 3.79. The number of aromatic nitrogens is 4. The zero-order valence-electron chi connectivity index (χ0n) is 13.3. The molecule has 1 aromatic carbocycles. The van der Waals surface area contributed by atoms with Gasteiger partial charge >= 0.3 is 0 Å². The van der Waals surface area contributed by atoms with Gasteiger partial charge in [-0.15, -0.1) is 0 Å². The molecule has 6 rings (SSSR count). The summed E-state index contributed by atoms with van der Waals surface area (Å²) in [7, 11) is 0. The first-order valence-electron chi connectivity index (χ1n) is 8.23. The third-order valence-electron chi connectivity index (χ3n) is 4.81. The van der Waals surface area contributed by atoms with Crippen molar-refractivity contribution in [2.75, 3.05) is 0 Å². The Balaban J connectivity index is 1.84. The van der Waals surface area contributed by atoms with Gasteiger partial charge in [0.2, 0.25) is 10.3 Å². The third kappa shape index (κ3) is 1.68. The van der Waals surface area contributed by atoms with Gasteiger partial charge in [0, 0.05) is 12.4 Å². The van der Waals surface area contributed by atoms with Crippen LogP contribution in [0.2, 0.25) is 0 Å². The van der Waals surface area contributed by atoms with E-state index in [2.05, 4.69) is 61.6 Å². The van der Waals surface area contributed by atoms with Crippen LogP contribution in [-0.2, 0) is 6.54 Å². The van der Waals surface area contributed by atoms with Gasteiger partial charge in [0.25, 0.3) is 5.82 Å². The minimum Gasteiger partial charge on any atom is -0.256 e. The van der Waals surface area contributed by atoms with Crippen molar-refractivity contribution >= 4 is 31.9 Å². The van der Waals surface area contributed by atoms with Crippen molar-refractivity contribution in [1.29, 1.82) is 0 Å². The van der Waals surface area contributed by atoms with Crippen LogP contribution in [0.1, 0.15) is 5.69 Å². The van der Waals surface area contributed by atoms with Crippen LogP contribution in [0.15, 0.2) is 67.0 Å². The first-order chi connectivity index (χ1) is 12.4. The summed E-state index contributed by atoms with van der Waals surface area (Å²) < 4.78 is 4.75. The Labute approximate surface area is 147 Å². The quantitative estimate of drug-likeness (QED) is 0.424. The number of imidazole rings is 1. The van der Waals surface area contributed by atoms with Crippen molar-refractivity contribution in [1.82, 2.24) is 14.5 Å². The number of pyridine rings is 2. The Kier molecular flexibility index (Phi) is 2.51. The van der Waals surface area contributed by atoms with Gasteiger partial charge in [-0.3, -0.25) is 4.98 Å². The van der Waals surface area contributed by atoms with Gasteiger partial charge in [-0.2, -0.15) is 4.57 Å². The van der Waals surface area contributed by atoms with Crippen molar-refractivity contribution in [3.05, 3.63) is 72.7 Å². The molecule has 0 bridgehead atoms. The fraction of sp³-hybridized carbons (Fsp3) is 0.0500. The van der Waals surface area contributed by atoms with E-state index < -0.39 is 0 Å². The molecule has 0 radical (unpaired) electrons. The van der Waals surface area contributed by atoms with Gasteiger partial charge < -0.3 is 0 Å². The van der Waals surface area contributed by atoms with Crippen LogP contribution >= 0.6 is 11.3 Å². The number of benzene rings is 1. The first-order valence-corrected chi connectivity index (χ1v) is 9.05. The number of hydrogen-bond donors (Lipinski definition) is 0. The van der Waals surface area contributed by atoms with E-state index in [1.165, 1.54) is 32.8 Å².